The van der Waals surface area contributed by atoms with Crippen LogP contribution in [0.5, 0.6) is 0 Å². The summed E-state index contributed by atoms with van der Waals surface area (Å²) >= 11 is 6.13. The van der Waals surface area contributed by atoms with Gasteiger partial charge in [0, 0.05) is 75.2 Å². The smallest absolute Gasteiger partial charge is 0.225 e. The van der Waals surface area contributed by atoms with Gasteiger partial charge in [0.05, 0.1) is 5.69 Å². The first-order valence-electron chi connectivity index (χ1n) is 10.5. The van der Waals surface area contributed by atoms with Crippen molar-refractivity contribution in [2.24, 2.45) is 0 Å². The van der Waals surface area contributed by atoms with E-state index >= 15 is 0 Å². The van der Waals surface area contributed by atoms with Gasteiger partial charge < -0.3 is 9.80 Å². The minimum Gasteiger partial charge on any atom is -0.353 e. The molecule has 4 heterocycles. The van der Waals surface area contributed by atoms with E-state index in [1.165, 1.54) is 16.8 Å². The average molecular weight is 421 g/mol. The minimum absolute atomic E-state index is 0.793. The molecule has 5 rings (SSSR count). The topological polar surface area (TPSA) is 48.4 Å². The summed E-state index contributed by atoms with van der Waals surface area (Å²) in [6, 6.07) is 14.2. The van der Waals surface area contributed by atoms with E-state index in [9.17, 15) is 0 Å². The number of piperazine rings is 1. The molecule has 1 saturated heterocycles. The lowest BCUT2D eigenvalue weighted by molar-refractivity contribution is 0.243. The number of aromatic nitrogens is 3. The number of anilines is 2. The molecule has 154 valence electrons. The Kier molecular flexibility index (Phi) is 5.51. The summed E-state index contributed by atoms with van der Waals surface area (Å²) in [5.74, 6) is 1.90. The van der Waals surface area contributed by atoms with Gasteiger partial charge in [-0.15, -0.1) is 0 Å². The molecule has 0 N–H and O–H groups in total. The Bertz CT molecular complexity index is 1000. The Labute approximate surface area is 182 Å². The van der Waals surface area contributed by atoms with Gasteiger partial charge in [-0.1, -0.05) is 29.8 Å². The number of nitrogens with zero attached hydrogens (tertiary/aromatic N) is 6. The van der Waals surface area contributed by atoms with E-state index in [4.69, 9.17) is 21.6 Å². The van der Waals surface area contributed by atoms with Crippen molar-refractivity contribution in [1.29, 1.82) is 0 Å². The molecule has 30 heavy (non-hydrogen) atoms. The number of hydrogen-bond acceptors (Lipinski definition) is 6. The van der Waals surface area contributed by atoms with Gasteiger partial charge in [0.25, 0.3) is 0 Å². The van der Waals surface area contributed by atoms with E-state index < -0.39 is 0 Å². The molecule has 7 heteroatoms. The van der Waals surface area contributed by atoms with Crippen LogP contribution in [0.2, 0.25) is 5.02 Å². The number of benzene rings is 1. The van der Waals surface area contributed by atoms with Crippen molar-refractivity contribution in [3.63, 3.8) is 0 Å². The van der Waals surface area contributed by atoms with Crippen molar-refractivity contribution in [3.05, 3.63) is 76.7 Å². The summed E-state index contributed by atoms with van der Waals surface area (Å²) in [6.45, 7) is 6.48. The third kappa shape index (κ3) is 4.25. The zero-order valence-electron chi connectivity index (χ0n) is 16.9. The molecular formula is C23H25ClN6. The normalized spacial score (nSPS) is 17.1. The van der Waals surface area contributed by atoms with Crippen LogP contribution in [0.3, 0.4) is 0 Å². The second-order valence-electron chi connectivity index (χ2n) is 7.89. The van der Waals surface area contributed by atoms with Crippen LogP contribution in [0.4, 0.5) is 11.8 Å². The Morgan fingerprint density at radius 1 is 0.900 bits per heavy atom. The SMILES string of the molecule is Clc1cccc(CN2CCc3nc(N4CCN(c5ccccn5)CC4)ncc3C2)c1. The van der Waals surface area contributed by atoms with Crippen LogP contribution in [0.25, 0.3) is 0 Å². The standard InChI is InChI=1S/C23H25ClN6/c24-20-5-3-4-18(14-20)16-28-9-7-21-19(17-28)15-26-23(27-21)30-12-10-29(11-13-30)22-6-1-2-8-25-22/h1-6,8,14-15H,7,9-13,16-17H2. The van der Waals surface area contributed by atoms with E-state index in [1.807, 2.05) is 42.7 Å². The molecule has 0 unspecified atom stereocenters. The van der Waals surface area contributed by atoms with Crippen molar-refractivity contribution in [3.8, 4) is 0 Å². The highest BCUT2D eigenvalue weighted by Crippen LogP contribution is 2.23. The molecule has 0 atom stereocenters. The number of fused-ring (bicyclic) bond motifs is 1. The zero-order valence-corrected chi connectivity index (χ0v) is 17.7. The number of pyridine rings is 1. The number of hydrogen-bond donors (Lipinski definition) is 0. The molecule has 0 bridgehead atoms. The summed E-state index contributed by atoms with van der Waals surface area (Å²) in [4.78, 5) is 21.1. The molecule has 3 aromatic rings. The summed E-state index contributed by atoms with van der Waals surface area (Å²) < 4.78 is 0. The molecule has 2 aliphatic rings. The molecule has 1 fully saturated rings. The first-order chi connectivity index (χ1) is 14.7. The molecule has 0 spiro atoms. The molecule has 0 saturated carbocycles. The summed E-state index contributed by atoms with van der Waals surface area (Å²) in [6.07, 6.45) is 4.83. The molecule has 0 aliphatic carbocycles. The first-order valence-corrected chi connectivity index (χ1v) is 10.8. The Balaban J connectivity index is 1.22. The van der Waals surface area contributed by atoms with Crippen LogP contribution in [0.15, 0.2) is 54.9 Å². The fourth-order valence-corrected chi connectivity index (χ4v) is 4.43. The molecule has 1 aromatic carbocycles. The van der Waals surface area contributed by atoms with Gasteiger partial charge >= 0.3 is 0 Å². The summed E-state index contributed by atoms with van der Waals surface area (Å²) in [7, 11) is 0. The largest absolute Gasteiger partial charge is 0.353 e. The van der Waals surface area contributed by atoms with Crippen molar-refractivity contribution in [1.82, 2.24) is 19.9 Å². The number of rotatable bonds is 4. The van der Waals surface area contributed by atoms with Gasteiger partial charge in [-0.2, -0.15) is 0 Å². The lowest BCUT2D eigenvalue weighted by Gasteiger charge is -2.36. The van der Waals surface area contributed by atoms with E-state index in [0.717, 1.165) is 69.0 Å². The van der Waals surface area contributed by atoms with E-state index in [2.05, 4.69) is 31.8 Å². The zero-order chi connectivity index (χ0) is 20.3. The third-order valence-corrected chi connectivity index (χ3v) is 6.07. The Hall–Kier alpha value is -2.70. The Morgan fingerprint density at radius 2 is 1.77 bits per heavy atom. The quantitative estimate of drug-likeness (QED) is 0.644. The maximum atomic E-state index is 6.13. The van der Waals surface area contributed by atoms with Crippen molar-refractivity contribution >= 4 is 23.4 Å². The highest BCUT2D eigenvalue weighted by atomic mass is 35.5. The predicted octanol–water partition coefficient (Wildman–Crippen LogP) is 3.41. The molecule has 6 nitrogen and oxygen atoms in total. The highest BCUT2D eigenvalue weighted by molar-refractivity contribution is 6.30. The van der Waals surface area contributed by atoms with Crippen LogP contribution in [0.1, 0.15) is 16.8 Å². The van der Waals surface area contributed by atoms with E-state index in [0.29, 0.717) is 0 Å². The minimum atomic E-state index is 0.793. The van der Waals surface area contributed by atoms with Gasteiger partial charge in [0.2, 0.25) is 5.95 Å². The molecule has 2 aliphatic heterocycles. The van der Waals surface area contributed by atoms with Crippen molar-refractivity contribution in [2.45, 2.75) is 19.5 Å². The first kappa shape index (κ1) is 19.3. The third-order valence-electron chi connectivity index (χ3n) is 5.83. The highest BCUT2D eigenvalue weighted by Gasteiger charge is 2.23. The fourth-order valence-electron chi connectivity index (χ4n) is 4.22. The van der Waals surface area contributed by atoms with Crippen LogP contribution in [0, 0.1) is 0 Å². The molecular weight excluding hydrogens is 396 g/mol. The molecule has 0 radical (unpaired) electrons. The van der Waals surface area contributed by atoms with E-state index in [-0.39, 0.29) is 0 Å². The van der Waals surface area contributed by atoms with Gasteiger partial charge in [-0.05, 0) is 29.8 Å². The van der Waals surface area contributed by atoms with Crippen LogP contribution >= 0.6 is 11.6 Å². The van der Waals surface area contributed by atoms with Gasteiger partial charge in [0.15, 0.2) is 0 Å². The van der Waals surface area contributed by atoms with Crippen LogP contribution in [-0.2, 0) is 19.5 Å². The van der Waals surface area contributed by atoms with Crippen LogP contribution < -0.4 is 9.80 Å². The van der Waals surface area contributed by atoms with Crippen LogP contribution in [-0.4, -0.2) is 52.6 Å². The number of halogens is 1. The Morgan fingerprint density at radius 3 is 2.57 bits per heavy atom. The van der Waals surface area contributed by atoms with Gasteiger partial charge in [-0.3, -0.25) is 4.90 Å². The van der Waals surface area contributed by atoms with E-state index in [1.54, 1.807) is 0 Å². The average Bonchev–Trinajstić information content (AvgIpc) is 2.79. The second kappa shape index (κ2) is 8.58. The lowest BCUT2D eigenvalue weighted by Crippen LogP contribution is -2.47. The summed E-state index contributed by atoms with van der Waals surface area (Å²) in [5.41, 5.74) is 3.67. The van der Waals surface area contributed by atoms with Crippen molar-refractivity contribution in [2.75, 3.05) is 42.5 Å². The monoisotopic (exact) mass is 420 g/mol. The molecule has 2 aromatic heterocycles. The van der Waals surface area contributed by atoms with Gasteiger partial charge in [-0.25, -0.2) is 15.0 Å². The predicted molar refractivity (Wildman–Crippen MR) is 120 cm³/mol. The maximum absolute atomic E-state index is 6.13. The molecule has 0 amide bonds. The lowest BCUT2D eigenvalue weighted by atomic mass is 10.1. The fraction of sp³-hybridized carbons (Fsp3) is 0.348. The summed E-state index contributed by atoms with van der Waals surface area (Å²) in [5, 5.41) is 0.793. The second-order valence-corrected chi connectivity index (χ2v) is 8.33. The maximum Gasteiger partial charge on any atom is 0.225 e. The van der Waals surface area contributed by atoms with Crippen molar-refractivity contribution < 1.29 is 0 Å². The van der Waals surface area contributed by atoms with Gasteiger partial charge in [0.1, 0.15) is 5.82 Å².